The first-order chi connectivity index (χ1) is 6.84. The summed E-state index contributed by atoms with van der Waals surface area (Å²) in [5, 5.41) is 19.4. The van der Waals surface area contributed by atoms with E-state index >= 15 is 0 Å². The highest BCUT2D eigenvalue weighted by Gasteiger charge is 2.31. The van der Waals surface area contributed by atoms with Crippen LogP contribution in [-0.4, -0.2) is 25.6 Å². The average molecular weight is 213 g/mol. The maximum atomic E-state index is 10.8. The van der Waals surface area contributed by atoms with Gasteiger partial charge in [0.15, 0.2) is 0 Å². The fourth-order valence-corrected chi connectivity index (χ4v) is 1.09. The Labute approximate surface area is 85.5 Å². The molecule has 0 aliphatic carbocycles. The summed E-state index contributed by atoms with van der Waals surface area (Å²) >= 11 is 0. The van der Waals surface area contributed by atoms with Crippen LogP contribution in [0.15, 0.2) is 12.4 Å². The monoisotopic (exact) mass is 213 g/mol. The predicted molar refractivity (Wildman–Crippen MR) is 50.3 cm³/mol. The van der Waals surface area contributed by atoms with Gasteiger partial charge in [0.2, 0.25) is 0 Å². The maximum absolute atomic E-state index is 10.8. The molecule has 0 saturated heterocycles. The number of hydrogen-bond donors (Lipinski definition) is 1. The number of hydrogen-bond acceptors (Lipinski definition) is 4. The largest absolute Gasteiger partial charge is 0.481 e. The van der Waals surface area contributed by atoms with Gasteiger partial charge in [-0.15, -0.1) is 0 Å². The summed E-state index contributed by atoms with van der Waals surface area (Å²) in [6, 6.07) is 0. The van der Waals surface area contributed by atoms with E-state index in [9.17, 15) is 14.9 Å². The van der Waals surface area contributed by atoms with E-state index in [-0.39, 0.29) is 12.5 Å². The van der Waals surface area contributed by atoms with Crippen molar-refractivity contribution in [2.24, 2.45) is 5.41 Å². The van der Waals surface area contributed by atoms with Gasteiger partial charge < -0.3 is 15.2 Å². The zero-order valence-electron chi connectivity index (χ0n) is 8.38. The normalized spacial score (nSPS) is 11.3. The highest BCUT2D eigenvalue weighted by molar-refractivity contribution is 5.73. The fourth-order valence-electron chi connectivity index (χ4n) is 1.09. The lowest BCUT2D eigenvalue weighted by molar-refractivity contribution is -0.397. The third kappa shape index (κ3) is 2.30. The van der Waals surface area contributed by atoms with Crippen LogP contribution in [0.2, 0.25) is 0 Å². The van der Waals surface area contributed by atoms with Crippen LogP contribution in [0.25, 0.3) is 0 Å². The molecule has 0 amide bonds. The summed E-state index contributed by atoms with van der Waals surface area (Å²) in [5.74, 6) is -1.35. The summed E-state index contributed by atoms with van der Waals surface area (Å²) in [6.07, 6.45) is 2.67. The Kier molecular flexibility index (Phi) is 2.74. The van der Waals surface area contributed by atoms with E-state index in [4.69, 9.17) is 5.11 Å². The summed E-state index contributed by atoms with van der Waals surface area (Å²) < 4.78 is 1.22. The lowest BCUT2D eigenvalue weighted by atomic mass is 9.94. The summed E-state index contributed by atoms with van der Waals surface area (Å²) in [7, 11) is 0. The van der Waals surface area contributed by atoms with Crippen molar-refractivity contribution in [3.05, 3.63) is 22.5 Å². The Hall–Kier alpha value is -1.92. The third-order valence-corrected chi connectivity index (χ3v) is 2.00. The number of imidazole rings is 1. The van der Waals surface area contributed by atoms with Gasteiger partial charge in [-0.3, -0.25) is 4.79 Å². The van der Waals surface area contributed by atoms with Crippen LogP contribution in [0.4, 0.5) is 5.95 Å². The molecule has 0 unspecified atom stereocenters. The van der Waals surface area contributed by atoms with Crippen LogP contribution in [0.1, 0.15) is 13.8 Å². The van der Waals surface area contributed by atoms with Crippen molar-refractivity contribution >= 4 is 11.9 Å². The molecule has 15 heavy (non-hydrogen) atoms. The van der Waals surface area contributed by atoms with E-state index in [1.54, 1.807) is 0 Å². The van der Waals surface area contributed by atoms with E-state index < -0.39 is 16.3 Å². The smallest absolute Gasteiger partial charge is 0.434 e. The SMILES string of the molecule is CC(C)(Cn1ccnc1[N+](=O)[O-])C(=O)O. The standard InChI is InChI=1S/C8H11N3O4/c1-8(2,6(12)13)5-10-4-3-9-7(10)11(14)15/h3-4H,5H2,1-2H3,(H,12,13). The molecule has 1 aromatic heterocycles. The molecule has 0 saturated carbocycles. The van der Waals surface area contributed by atoms with Crippen LogP contribution in [0, 0.1) is 15.5 Å². The van der Waals surface area contributed by atoms with E-state index in [0.717, 1.165) is 0 Å². The molecule has 1 rings (SSSR count). The minimum absolute atomic E-state index is 0.0125. The Morgan fingerprint density at radius 2 is 2.33 bits per heavy atom. The molecule has 82 valence electrons. The number of nitro groups is 1. The second-order valence-corrected chi connectivity index (χ2v) is 3.80. The van der Waals surface area contributed by atoms with Gasteiger partial charge in [0, 0.05) is 0 Å². The highest BCUT2D eigenvalue weighted by Crippen LogP contribution is 2.21. The van der Waals surface area contributed by atoms with Crippen LogP contribution in [-0.2, 0) is 11.3 Å². The second kappa shape index (κ2) is 3.68. The van der Waals surface area contributed by atoms with Gasteiger partial charge in [-0.25, -0.2) is 4.57 Å². The van der Waals surface area contributed by atoms with Crippen LogP contribution < -0.4 is 0 Å². The van der Waals surface area contributed by atoms with Crippen LogP contribution in [0.3, 0.4) is 0 Å². The Morgan fingerprint density at radius 3 is 2.80 bits per heavy atom. The predicted octanol–water partition coefficient (Wildman–Crippen LogP) is 0.902. The molecule has 1 N–H and O–H groups in total. The minimum Gasteiger partial charge on any atom is -0.481 e. The van der Waals surface area contributed by atoms with Gasteiger partial charge >= 0.3 is 11.9 Å². The number of carboxylic acid groups (broad SMARTS) is 1. The van der Waals surface area contributed by atoms with E-state index in [1.807, 2.05) is 0 Å². The molecule has 7 heteroatoms. The molecule has 1 heterocycles. The first-order valence-corrected chi connectivity index (χ1v) is 4.23. The molecule has 0 bridgehead atoms. The van der Waals surface area contributed by atoms with Crippen molar-refractivity contribution in [2.45, 2.75) is 20.4 Å². The zero-order valence-corrected chi connectivity index (χ0v) is 8.38. The van der Waals surface area contributed by atoms with Crippen molar-refractivity contribution in [3.8, 4) is 0 Å². The number of nitrogens with zero attached hydrogens (tertiary/aromatic N) is 3. The number of rotatable bonds is 4. The van der Waals surface area contributed by atoms with Gasteiger partial charge in [-0.1, -0.05) is 4.98 Å². The van der Waals surface area contributed by atoms with Gasteiger partial charge in [0.25, 0.3) is 0 Å². The molecular formula is C8H11N3O4. The molecular weight excluding hydrogens is 202 g/mol. The molecule has 7 nitrogen and oxygen atoms in total. The van der Waals surface area contributed by atoms with Crippen LogP contribution in [0.5, 0.6) is 0 Å². The highest BCUT2D eigenvalue weighted by atomic mass is 16.6. The number of aromatic nitrogens is 2. The molecule has 0 aliphatic rings. The lowest BCUT2D eigenvalue weighted by Gasteiger charge is -2.17. The molecule has 0 atom stereocenters. The molecule has 0 spiro atoms. The Bertz CT molecular complexity index is 396. The first-order valence-electron chi connectivity index (χ1n) is 4.23. The number of aliphatic carboxylic acids is 1. The number of carbonyl (C=O) groups is 1. The lowest BCUT2D eigenvalue weighted by Crippen LogP contribution is -2.29. The first kappa shape index (κ1) is 11.2. The Balaban J connectivity index is 2.95. The van der Waals surface area contributed by atoms with Gasteiger partial charge in [0.05, 0.1) is 12.0 Å². The van der Waals surface area contributed by atoms with Gasteiger partial charge in [0.1, 0.15) is 12.4 Å². The molecule has 1 aromatic rings. The summed E-state index contributed by atoms with van der Waals surface area (Å²) in [6.45, 7) is 3.01. The topological polar surface area (TPSA) is 98.3 Å². The average Bonchev–Trinajstić information content (AvgIpc) is 2.51. The quantitative estimate of drug-likeness (QED) is 0.591. The van der Waals surface area contributed by atoms with E-state index in [0.29, 0.717) is 0 Å². The van der Waals surface area contributed by atoms with Gasteiger partial charge in [-0.05, 0) is 18.8 Å². The van der Waals surface area contributed by atoms with Crippen molar-refractivity contribution in [3.63, 3.8) is 0 Å². The van der Waals surface area contributed by atoms with Crippen molar-refractivity contribution in [2.75, 3.05) is 0 Å². The fraction of sp³-hybridized carbons (Fsp3) is 0.500. The summed E-state index contributed by atoms with van der Waals surface area (Å²) in [5.41, 5.74) is -1.06. The molecule has 0 radical (unpaired) electrons. The van der Waals surface area contributed by atoms with E-state index in [1.165, 1.54) is 30.8 Å². The molecule has 0 aliphatic heterocycles. The van der Waals surface area contributed by atoms with Crippen molar-refractivity contribution in [1.82, 2.24) is 9.55 Å². The maximum Gasteiger partial charge on any atom is 0.434 e. The minimum atomic E-state index is -1.06. The van der Waals surface area contributed by atoms with Crippen molar-refractivity contribution < 1.29 is 14.8 Å². The summed E-state index contributed by atoms with van der Waals surface area (Å²) in [4.78, 5) is 24.2. The second-order valence-electron chi connectivity index (χ2n) is 3.80. The molecule has 0 fully saturated rings. The number of carboxylic acids is 1. The molecule has 0 aromatic carbocycles. The third-order valence-electron chi connectivity index (χ3n) is 2.00. The van der Waals surface area contributed by atoms with Gasteiger partial charge in [-0.2, -0.15) is 0 Å². The Morgan fingerprint density at radius 1 is 1.73 bits per heavy atom. The van der Waals surface area contributed by atoms with Crippen molar-refractivity contribution in [1.29, 1.82) is 0 Å². The zero-order chi connectivity index (χ0) is 11.6. The van der Waals surface area contributed by atoms with Crippen LogP contribution >= 0.6 is 0 Å². The van der Waals surface area contributed by atoms with E-state index in [2.05, 4.69) is 4.98 Å².